The van der Waals surface area contributed by atoms with Gasteiger partial charge in [-0.3, -0.25) is 4.79 Å². The van der Waals surface area contributed by atoms with E-state index in [2.05, 4.69) is 15.9 Å². The second-order valence-electron chi connectivity index (χ2n) is 3.86. The Labute approximate surface area is 122 Å². The number of carbonyl (C=O) groups is 1. The third-order valence-corrected chi connectivity index (χ3v) is 4.46. The Morgan fingerprint density at radius 1 is 1.39 bits per heavy atom. The Morgan fingerprint density at radius 3 is 2.72 bits per heavy atom. The van der Waals surface area contributed by atoms with Gasteiger partial charge in [0.2, 0.25) is 0 Å². The van der Waals surface area contributed by atoms with Crippen LogP contribution in [0.2, 0.25) is 5.02 Å². The van der Waals surface area contributed by atoms with E-state index in [-0.39, 0.29) is 0 Å². The molecule has 1 aromatic heterocycles. The molecular weight excluding hydrogens is 336 g/mol. The first kappa shape index (κ1) is 13.6. The predicted octanol–water partition coefficient (Wildman–Crippen LogP) is 4.57. The molecule has 0 radical (unpaired) electrons. The van der Waals surface area contributed by atoms with E-state index < -0.39 is 11.9 Å². The second kappa shape index (κ2) is 5.87. The van der Waals surface area contributed by atoms with Crippen molar-refractivity contribution in [3.05, 3.63) is 55.6 Å². The fourth-order valence-electron chi connectivity index (χ4n) is 1.73. The van der Waals surface area contributed by atoms with E-state index in [0.29, 0.717) is 11.4 Å². The highest BCUT2D eigenvalue weighted by Gasteiger charge is 2.21. The van der Waals surface area contributed by atoms with Crippen LogP contribution in [0.3, 0.4) is 0 Å². The molecule has 2 aromatic rings. The van der Waals surface area contributed by atoms with Crippen molar-refractivity contribution in [2.75, 3.05) is 0 Å². The van der Waals surface area contributed by atoms with Gasteiger partial charge in [-0.1, -0.05) is 23.7 Å². The summed E-state index contributed by atoms with van der Waals surface area (Å²) in [5, 5.41) is 9.90. The number of carboxylic acids is 1. The van der Waals surface area contributed by atoms with Crippen molar-refractivity contribution in [3.63, 3.8) is 0 Å². The number of rotatable bonds is 4. The van der Waals surface area contributed by atoms with E-state index in [1.807, 2.05) is 12.1 Å². The highest BCUT2D eigenvalue weighted by molar-refractivity contribution is 9.11. The molecule has 2 rings (SSSR count). The number of carboxylic acid groups (broad SMARTS) is 1. The number of aliphatic carboxylic acids is 1. The SMILES string of the molecule is O=C(O)C(Cc1ccc(Br)s1)c1cccc(Cl)c1. The highest BCUT2D eigenvalue weighted by Crippen LogP contribution is 2.29. The van der Waals surface area contributed by atoms with Crippen LogP contribution in [0.25, 0.3) is 0 Å². The van der Waals surface area contributed by atoms with Crippen LogP contribution in [0.15, 0.2) is 40.2 Å². The van der Waals surface area contributed by atoms with Crippen LogP contribution < -0.4 is 0 Å². The number of hydrogen-bond acceptors (Lipinski definition) is 2. The van der Waals surface area contributed by atoms with Crippen LogP contribution in [0, 0.1) is 0 Å². The van der Waals surface area contributed by atoms with Crippen molar-refractivity contribution in [3.8, 4) is 0 Å². The van der Waals surface area contributed by atoms with Gasteiger partial charge in [-0.25, -0.2) is 0 Å². The van der Waals surface area contributed by atoms with Gasteiger partial charge in [0.25, 0.3) is 0 Å². The summed E-state index contributed by atoms with van der Waals surface area (Å²) >= 11 is 10.8. The fraction of sp³-hybridized carbons (Fsp3) is 0.154. The van der Waals surface area contributed by atoms with Gasteiger partial charge in [-0.2, -0.15) is 0 Å². The molecule has 2 nitrogen and oxygen atoms in total. The molecule has 0 fully saturated rings. The molecule has 0 bridgehead atoms. The lowest BCUT2D eigenvalue weighted by Crippen LogP contribution is -2.13. The van der Waals surface area contributed by atoms with Gasteiger partial charge in [0.15, 0.2) is 0 Å². The average Bonchev–Trinajstić information content (AvgIpc) is 2.71. The summed E-state index contributed by atoms with van der Waals surface area (Å²) < 4.78 is 1.01. The highest BCUT2D eigenvalue weighted by atomic mass is 79.9. The van der Waals surface area contributed by atoms with Crippen molar-refractivity contribution < 1.29 is 9.90 Å². The molecule has 0 spiro atoms. The molecule has 0 amide bonds. The monoisotopic (exact) mass is 344 g/mol. The molecule has 0 aliphatic carbocycles. The second-order valence-corrected chi connectivity index (χ2v) is 6.84. The third kappa shape index (κ3) is 3.34. The molecular formula is C13H10BrClO2S. The largest absolute Gasteiger partial charge is 0.481 e. The zero-order valence-electron chi connectivity index (χ0n) is 9.27. The predicted molar refractivity (Wildman–Crippen MR) is 77.6 cm³/mol. The Bertz CT molecular complexity index is 568. The minimum atomic E-state index is -0.832. The molecule has 94 valence electrons. The van der Waals surface area contributed by atoms with Gasteiger partial charge in [-0.15, -0.1) is 11.3 Å². The number of benzene rings is 1. The van der Waals surface area contributed by atoms with Crippen LogP contribution in [0.4, 0.5) is 0 Å². The van der Waals surface area contributed by atoms with Gasteiger partial charge in [0.1, 0.15) is 0 Å². The first-order chi connectivity index (χ1) is 8.56. The average molecular weight is 346 g/mol. The molecule has 5 heteroatoms. The van der Waals surface area contributed by atoms with E-state index in [9.17, 15) is 9.90 Å². The van der Waals surface area contributed by atoms with Gasteiger partial charge in [0.05, 0.1) is 9.70 Å². The Hall–Kier alpha value is -0.840. The lowest BCUT2D eigenvalue weighted by molar-refractivity contribution is -0.138. The summed E-state index contributed by atoms with van der Waals surface area (Å²) in [6.07, 6.45) is 0.478. The molecule has 18 heavy (non-hydrogen) atoms. The van der Waals surface area contributed by atoms with Crippen molar-refractivity contribution in [2.45, 2.75) is 12.3 Å². The van der Waals surface area contributed by atoms with E-state index in [1.54, 1.807) is 35.6 Å². The van der Waals surface area contributed by atoms with Crippen molar-refractivity contribution in [1.82, 2.24) is 0 Å². The fourth-order valence-corrected chi connectivity index (χ4v) is 3.46. The molecule has 1 atom stereocenters. The quantitative estimate of drug-likeness (QED) is 0.881. The minimum Gasteiger partial charge on any atom is -0.481 e. The van der Waals surface area contributed by atoms with Gasteiger partial charge in [0, 0.05) is 9.90 Å². The molecule has 1 heterocycles. The molecule has 0 saturated carbocycles. The maximum atomic E-state index is 11.4. The van der Waals surface area contributed by atoms with Crippen molar-refractivity contribution in [2.24, 2.45) is 0 Å². The van der Waals surface area contributed by atoms with Gasteiger partial charge in [-0.05, 0) is 52.2 Å². The minimum absolute atomic E-state index is 0.478. The summed E-state index contributed by atoms with van der Waals surface area (Å²) in [5.41, 5.74) is 0.736. The molecule has 0 saturated heterocycles. The van der Waals surface area contributed by atoms with Crippen LogP contribution >= 0.6 is 38.9 Å². The Balaban J connectivity index is 2.26. The topological polar surface area (TPSA) is 37.3 Å². The van der Waals surface area contributed by atoms with Crippen LogP contribution in [-0.2, 0) is 11.2 Å². The summed E-state index contributed by atoms with van der Waals surface area (Å²) in [4.78, 5) is 12.4. The summed E-state index contributed by atoms with van der Waals surface area (Å²) in [6, 6.07) is 10.9. The van der Waals surface area contributed by atoms with Crippen molar-refractivity contribution in [1.29, 1.82) is 0 Å². The number of thiophene rings is 1. The van der Waals surface area contributed by atoms with E-state index in [0.717, 1.165) is 14.2 Å². The maximum Gasteiger partial charge on any atom is 0.311 e. The normalized spacial score (nSPS) is 12.3. The number of halogens is 2. The number of hydrogen-bond donors (Lipinski definition) is 1. The van der Waals surface area contributed by atoms with Crippen LogP contribution in [0.5, 0.6) is 0 Å². The third-order valence-electron chi connectivity index (χ3n) is 2.58. The zero-order valence-corrected chi connectivity index (χ0v) is 12.4. The summed E-state index contributed by atoms with van der Waals surface area (Å²) in [5.74, 6) is -1.39. The summed E-state index contributed by atoms with van der Waals surface area (Å²) in [7, 11) is 0. The molecule has 1 aromatic carbocycles. The van der Waals surface area contributed by atoms with E-state index >= 15 is 0 Å². The Kier molecular flexibility index (Phi) is 4.43. The Morgan fingerprint density at radius 2 is 2.17 bits per heavy atom. The van der Waals surface area contributed by atoms with Crippen molar-refractivity contribution >= 4 is 44.8 Å². The van der Waals surface area contributed by atoms with E-state index in [1.165, 1.54) is 0 Å². The zero-order chi connectivity index (χ0) is 13.1. The lowest BCUT2D eigenvalue weighted by Gasteiger charge is -2.11. The maximum absolute atomic E-state index is 11.4. The molecule has 0 aliphatic rings. The summed E-state index contributed by atoms with van der Waals surface area (Å²) in [6.45, 7) is 0. The smallest absolute Gasteiger partial charge is 0.311 e. The first-order valence-corrected chi connectivity index (χ1v) is 7.27. The molecule has 1 N–H and O–H groups in total. The standard InChI is InChI=1S/C13H10BrClO2S/c14-12-5-4-10(18-12)7-11(13(16)17)8-2-1-3-9(15)6-8/h1-6,11H,7H2,(H,16,17). The van der Waals surface area contributed by atoms with Crippen LogP contribution in [-0.4, -0.2) is 11.1 Å². The van der Waals surface area contributed by atoms with Gasteiger partial charge < -0.3 is 5.11 Å². The van der Waals surface area contributed by atoms with Gasteiger partial charge >= 0.3 is 5.97 Å². The molecule has 1 unspecified atom stereocenters. The first-order valence-electron chi connectivity index (χ1n) is 5.29. The van der Waals surface area contributed by atoms with E-state index in [4.69, 9.17) is 11.6 Å². The molecule has 0 aliphatic heterocycles. The lowest BCUT2D eigenvalue weighted by atomic mass is 9.95. The van der Waals surface area contributed by atoms with Crippen LogP contribution in [0.1, 0.15) is 16.4 Å².